The molecule has 14 heteroatoms. The third-order valence-corrected chi connectivity index (χ3v) is 5.58. The molecular weight excluding hydrogens is 528 g/mol. The van der Waals surface area contributed by atoms with Gasteiger partial charge in [-0.3, -0.25) is 28.8 Å². The Morgan fingerprint density at radius 2 is 1.35 bits per heavy atom. The van der Waals surface area contributed by atoms with Crippen LogP contribution in [0.1, 0.15) is 52.0 Å². The molecule has 4 amide bonds. The number of phenols is 1. The molecule has 14 nitrogen and oxygen atoms in total. The fraction of sp³-hybridized carbons (Fsp3) is 0.500. The first kappa shape index (κ1) is 33.5. The first-order valence-electron chi connectivity index (χ1n) is 12.6. The lowest BCUT2D eigenvalue weighted by Crippen LogP contribution is -2.58. The van der Waals surface area contributed by atoms with Gasteiger partial charge in [-0.05, 0) is 36.5 Å². The van der Waals surface area contributed by atoms with Crippen LogP contribution in [0.5, 0.6) is 5.75 Å². The average molecular weight is 565 g/mol. The topological polar surface area (TPSA) is 228 Å². The van der Waals surface area contributed by atoms with Crippen molar-refractivity contribution in [3.63, 3.8) is 0 Å². The van der Waals surface area contributed by atoms with Crippen LogP contribution in [0.4, 0.5) is 0 Å². The van der Waals surface area contributed by atoms with Crippen LogP contribution in [0.25, 0.3) is 0 Å². The van der Waals surface area contributed by atoms with E-state index >= 15 is 0 Å². The normalized spacial score (nSPS) is 13.7. The lowest BCUT2D eigenvalue weighted by molar-refractivity contribution is -0.141. The average Bonchev–Trinajstić information content (AvgIpc) is 2.85. The standard InChI is InChI=1S/C26H36N4O10/c1-14(2)10-17(13-31)28-25(39)20(11-16-4-6-18(33)7-5-16)30-24(38)19(8-9-22(34)35)29-26(40)21(12-23(36)37)27-15(3)32/h4-7,13-14,17,19-21,33H,8-12H2,1-3H3,(H,27,32)(H,28,39)(H,29,40)(H,30,38)(H,34,35)(H,36,37)/t17-,19-,20-,21-/m0/s1. The van der Waals surface area contributed by atoms with E-state index in [1.165, 1.54) is 24.3 Å². The first-order chi connectivity index (χ1) is 18.7. The van der Waals surface area contributed by atoms with Gasteiger partial charge in [0.15, 0.2) is 0 Å². The highest BCUT2D eigenvalue weighted by atomic mass is 16.4. The zero-order chi connectivity index (χ0) is 30.4. The molecule has 0 aliphatic rings. The Labute approximate surface area is 230 Å². The first-order valence-corrected chi connectivity index (χ1v) is 12.6. The van der Waals surface area contributed by atoms with E-state index in [9.17, 15) is 38.7 Å². The van der Waals surface area contributed by atoms with Crippen LogP contribution in [-0.4, -0.2) is 81.3 Å². The van der Waals surface area contributed by atoms with Crippen molar-refractivity contribution in [1.82, 2.24) is 21.3 Å². The van der Waals surface area contributed by atoms with Gasteiger partial charge in [0.2, 0.25) is 23.6 Å². The summed E-state index contributed by atoms with van der Waals surface area (Å²) in [6.07, 6.45) is -0.951. The number of aliphatic carboxylic acids is 2. The summed E-state index contributed by atoms with van der Waals surface area (Å²) >= 11 is 0. The fourth-order valence-corrected chi connectivity index (χ4v) is 3.73. The number of carboxylic acids is 2. The lowest BCUT2D eigenvalue weighted by Gasteiger charge is -2.26. The van der Waals surface area contributed by atoms with Crippen molar-refractivity contribution >= 4 is 41.9 Å². The monoisotopic (exact) mass is 564 g/mol. The molecule has 4 atom stereocenters. The molecule has 220 valence electrons. The molecule has 1 aromatic carbocycles. The van der Waals surface area contributed by atoms with Crippen molar-refractivity contribution in [3.8, 4) is 5.75 Å². The Hall–Kier alpha value is -4.49. The van der Waals surface area contributed by atoms with Gasteiger partial charge in [-0.2, -0.15) is 0 Å². The maximum atomic E-state index is 13.2. The largest absolute Gasteiger partial charge is 0.508 e. The summed E-state index contributed by atoms with van der Waals surface area (Å²) in [6, 6.07) is 0.599. The molecule has 0 heterocycles. The number of phenolic OH excluding ortho intramolecular Hbond substituents is 1. The van der Waals surface area contributed by atoms with Gasteiger partial charge in [0.1, 0.15) is 30.2 Å². The van der Waals surface area contributed by atoms with Crippen molar-refractivity contribution in [3.05, 3.63) is 29.8 Å². The second kappa shape index (κ2) is 16.5. The van der Waals surface area contributed by atoms with Crippen molar-refractivity contribution in [2.75, 3.05) is 0 Å². The minimum atomic E-state index is -1.55. The molecule has 0 bridgehead atoms. The van der Waals surface area contributed by atoms with E-state index in [1.54, 1.807) is 0 Å². The molecule has 0 saturated carbocycles. The van der Waals surface area contributed by atoms with Crippen molar-refractivity contribution in [1.29, 1.82) is 0 Å². The highest BCUT2D eigenvalue weighted by Gasteiger charge is 2.31. The summed E-state index contributed by atoms with van der Waals surface area (Å²) in [7, 11) is 0. The van der Waals surface area contributed by atoms with E-state index in [4.69, 9.17) is 10.2 Å². The predicted molar refractivity (Wildman–Crippen MR) is 140 cm³/mol. The summed E-state index contributed by atoms with van der Waals surface area (Å²) in [5.41, 5.74) is 0.531. The summed E-state index contributed by atoms with van der Waals surface area (Å²) in [5.74, 6) is -6.06. The minimum Gasteiger partial charge on any atom is -0.508 e. The molecule has 40 heavy (non-hydrogen) atoms. The lowest BCUT2D eigenvalue weighted by atomic mass is 10.0. The minimum absolute atomic E-state index is 0.0294. The van der Waals surface area contributed by atoms with Gasteiger partial charge in [0.25, 0.3) is 0 Å². The van der Waals surface area contributed by atoms with Gasteiger partial charge < -0.3 is 41.4 Å². The summed E-state index contributed by atoms with van der Waals surface area (Å²) in [4.78, 5) is 84.4. The number of hydrogen-bond acceptors (Lipinski definition) is 8. The van der Waals surface area contributed by atoms with Crippen molar-refractivity contribution < 1.29 is 48.9 Å². The fourth-order valence-electron chi connectivity index (χ4n) is 3.73. The zero-order valence-corrected chi connectivity index (χ0v) is 22.5. The molecule has 1 rings (SSSR count). The number of aromatic hydroxyl groups is 1. The molecule has 0 radical (unpaired) electrons. The molecule has 0 fully saturated rings. The molecule has 0 saturated heterocycles. The number of carbonyl (C=O) groups excluding carboxylic acids is 5. The van der Waals surface area contributed by atoms with E-state index in [-0.39, 0.29) is 18.1 Å². The van der Waals surface area contributed by atoms with Crippen molar-refractivity contribution in [2.24, 2.45) is 5.92 Å². The number of rotatable bonds is 17. The SMILES string of the molecule is CC(=O)N[C@@H](CC(=O)O)C(=O)N[C@@H](CCC(=O)O)C(=O)N[C@@H](Cc1ccc(O)cc1)C(=O)N[C@H](C=O)CC(C)C. The molecular formula is C26H36N4O10. The number of aldehydes is 1. The number of hydrogen-bond donors (Lipinski definition) is 7. The molecule has 7 N–H and O–H groups in total. The van der Waals surface area contributed by atoms with Crippen LogP contribution >= 0.6 is 0 Å². The predicted octanol–water partition coefficient (Wildman–Crippen LogP) is -0.522. The third kappa shape index (κ3) is 12.8. The van der Waals surface area contributed by atoms with Crippen LogP contribution in [-0.2, 0) is 40.0 Å². The van der Waals surface area contributed by atoms with Crippen LogP contribution in [0.2, 0.25) is 0 Å². The Kier molecular flexibility index (Phi) is 13.8. The molecule has 0 aliphatic carbocycles. The Morgan fingerprint density at radius 1 is 0.800 bits per heavy atom. The molecule has 0 spiro atoms. The van der Waals surface area contributed by atoms with Gasteiger partial charge in [-0.1, -0.05) is 26.0 Å². The second-order valence-electron chi connectivity index (χ2n) is 9.66. The van der Waals surface area contributed by atoms with E-state index in [0.717, 1.165) is 6.92 Å². The highest BCUT2D eigenvalue weighted by Crippen LogP contribution is 2.13. The number of amides is 4. The maximum absolute atomic E-state index is 13.2. The quantitative estimate of drug-likeness (QED) is 0.120. The zero-order valence-electron chi connectivity index (χ0n) is 22.5. The molecule has 0 aromatic heterocycles. The van der Waals surface area contributed by atoms with Crippen LogP contribution < -0.4 is 21.3 Å². The van der Waals surface area contributed by atoms with Crippen LogP contribution in [0.3, 0.4) is 0 Å². The van der Waals surface area contributed by atoms with Crippen molar-refractivity contribution in [2.45, 2.75) is 77.0 Å². The number of carbonyl (C=O) groups is 7. The van der Waals surface area contributed by atoms with E-state index in [2.05, 4.69) is 21.3 Å². The molecule has 1 aromatic rings. The smallest absolute Gasteiger partial charge is 0.305 e. The van der Waals surface area contributed by atoms with Gasteiger partial charge in [-0.15, -0.1) is 0 Å². The van der Waals surface area contributed by atoms with Gasteiger partial charge in [0.05, 0.1) is 12.5 Å². The molecule has 0 unspecified atom stereocenters. The summed E-state index contributed by atoms with van der Waals surface area (Å²) in [6.45, 7) is 4.77. The number of nitrogens with one attached hydrogen (secondary N) is 4. The van der Waals surface area contributed by atoms with Gasteiger partial charge in [-0.25, -0.2) is 0 Å². The van der Waals surface area contributed by atoms with E-state index in [1.807, 2.05) is 13.8 Å². The molecule has 0 aliphatic heterocycles. The van der Waals surface area contributed by atoms with Crippen LogP contribution in [0.15, 0.2) is 24.3 Å². The second-order valence-corrected chi connectivity index (χ2v) is 9.66. The van der Waals surface area contributed by atoms with E-state index in [0.29, 0.717) is 18.3 Å². The number of carboxylic acid groups (broad SMARTS) is 2. The summed E-state index contributed by atoms with van der Waals surface area (Å²) < 4.78 is 0. The van der Waals surface area contributed by atoms with Crippen LogP contribution in [0, 0.1) is 5.92 Å². The Morgan fingerprint density at radius 3 is 1.85 bits per heavy atom. The van der Waals surface area contributed by atoms with Gasteiger partial charge >= 0.3 is 11.9 Å². The third-order valence-electron chi connectivity index (χ3n) is 5.58. The summed E-state index contributed by atoms with van der Waals surface area (Å²) in [5, 5.41) is 37.2. The number of benzene rings is 1. The maximum Gasteiger partial charge on any atom is 0.305 e. The highest BCUT2D eigenvalue weighted by molar-refractivity contribution is 5.95. The Balaban J connectivity index is 3.23. The Bertz CT molecular complexity index is 1060. The van der Waals surface area contributed by atoms with Gasteiger partial charge in [0, 0.05) is 19.8 Å². The van der Waals surface area contributed by atoms with E-state index < -0.39 is 79.0 Å².